The molecule has 1 aromatic heterocycles. The monoisotopic (exact) mass is 330 g/mol. The quantitative estimate of drug-likeness (QED) is 0.874. The molecule has 0 spiro atoms. The van der Waals surface area contributed by atoms with Crippen molar-refractivity contribution >= 4 is 23.3 Å². The number of fused-ring (bicyclic) bond motifs is 4. The second-order valence-corrected chi connectivity index (χ2v) is 6.61. The Balaban J connectivity index is 0.00000156. The maximum Gasteiger partial charge on any atom is 0.0952 e. The molecule has 4 heterocycles. The fourth-order valence-electron chi connectivity index (χ4n) is 4.29. The van der Waals surface area contributed by atoms with Crippen molar-refractivity contribution in [1.82, 2.24) is 9.88 Å². The van der Waals surface area contributed by atoms with Crippen molar-refractivity contribution in [3.63, 3.8) is 0 Å². The Labute approximate surface area is 143 Å². The molecule has 122 valence electrons. The maximum absolute atomic E-state index is 11.0. The number of hydrogen-bond donors (Lipinski definition) is 1. The Morgan fingerprint density at radius 3 is 2.87 bits per heavy atom. The Bertz CT molecular complexity index is 699. The van der Waals surface area contributed by atoms with Crippen molar-refractivity contribution in [3.05, 3.63) is 54.7 Å². The highest BCUT2D eigenvalue weighted by Crippen LogP contribution is 2.41. The molecule has 5 rings (SSSR count). The summed E-state index contributed by atoms with van der Waals surface area (Å²) in [6.45, 7) is 6.11. The summed E-state index contributed by atoms with van der Waals surface area (Å²) in [5.74, 6) is 1.27. The van der Waals surface area contributed by atoms with Gasteiger partial charge >= 0.3 is 0 Å². The van der Waals surface area contributed by atoms with Gasteiger partial charge in [0.05, 0.1) is 11.6 Å². The van der Waals surface area contributed by atoms with E-state index in [1.807, 2.05) is 30.5 Å². The first-order valence-electron chi connectivity index (χ1n) is 8.16. The van der Waals surface area contributed by atoms with Gasteiger partial charge in [0.25, 0.3) is 0 Å². The number of halogens is 1. The van der Waals surface area contributed by atoms with Gasteiger partial charge in [0.1, 0.15) is 0 Å². The lowest BCUT2D eigenvalue weighted by Crippen LogP contribution is -2.54. The van der Waals surface area contributed by atoms with Crippen molar-refractivity contribution in [2.75, 3.05) is 13.1 Å². The molecule has 3 nitrogen and oxygen atoms in total. The second-order valence-electron chi connectivity index (χ2n) is 6.61. The van der Waals surface area contributed by atoms with E-state index in [-0.39, 0.29) is 18.4 Å². The van der Waals surface area contributed by atoms with Crippen molar-refractivity contribution in [2.45, 2.75) is 25.0 Å². The number of pyridine rings is 1. The van der Waals surface area contributed by atoms with Crippen LogP contribution in [0.5, 0.6) is 0 Å². The Kier molecular flexibility index (Phi) is 4.72. The van der Waals surface area contributed by atoms with Gasteiger partial charge in [0, 0.05) is 24.2 Å². The van der Waals surface area contributed by atoms with E-state index in [0.29, 0.717) is 11.8 Å². The third-order valence-corrected chi connectivity index (χ3v) is 5.52. The van der Waals surface area contributed by atoms with Crippen molar-refractivity contribution < 1.29 is 5.11 Å². The van der Waals surface area contributed by atoms with Crippen molar-refractivity contribution in [2.24, 2.45) is 11.8 Å². The molecule has 1 aromatic carbocycles. The van der Waals surface area contributed by atoms with Crippen LogP contribution in [-0.4, -0.2) is 34.1 Å². The van der Waals surface area contributed by atoms with Gasteiger partial charge < -0.3 is 5.11 Å². The molecule has 1 N–H and O–H groups in total. The molecule has 3 saturated heterocycles. The summed E-state index contributed by atoms with van der Waals surface area (Å²) in [5, 5.41) is 12.1. The SMILES string of the molecule is C=C[C@@H]1CN2CC[C@@H]1CC2[C@H](O)c1ccnc2ccccc12.Cl. The molecule has 3 fully saturated rings. The number of piperidine rings is 3. The molecule has 0 aliphatic carbocycles. The normalized spacial score (nSPS) is 30.7. The zero-order valence-corrected chi connectivity index (χ0v) is 14.0. The first kappa shape index (κ1) is 16.4. The van der Waals surface area contributed by atoms with E-state index in [9.17, 15) is 5.11 Å². The molecule has 2 bridgehead atoms. The van der Waals surface area contributed by atoms with E-state index >= 15 is 0 Å². The standard InChI is InChI=1S/C19H22N2O.ClH/c1-2-13-12-21-10-8-14(13)11-18(21)19(22)16-7-9-20-17-6-4-3-5-15(16)17;/h2-7,9,13-14,18-19,22H,1,8,10-12H2;1H/t13-,14-,18?,19-;/m1./s1. The van der Waals surface area contributed by atoms with E-state index in [2.05, 4.69) is 28.6 Å². The fourth-order valence-corrected chi connectivity index (χ4v) is 4.29. The van der Waals surface area contributed by atoms with Crippen LogP contribution in [0, 0.1) is 11.8 Å². The zero-order chi connectivity index (χ0) is 15.1. The maximum atomic E-state index is 11.0. The third kappa shape index (κ3) is 2.78. The largest absolute Gasteiger partial charge is 0.387 e. The molecule has 2 unspecified atom stereocenters. The van der Waals surface area contributed by atoms with Gasteiger partial charge in [0.15, 0.2) is 0 Å². The first-order chi connectivity index (χ1) is 10.8. The lowest BCUT2D eigenvalue weighted by atomic mass is 9.73. The number of aromatic nitrogens is 1. The average molecular weight is 331 g/mol. The van der Waals surface area contributed by atoms with Gasteiger partial charge in [-0.3, -0.25) is 9.88 Å². The van der Waals surface area contributed by atoms with Crippen LogP contribution in [0.3, 0.4) is 0 Å². The third-order valence-electron chi connectivity index (χ3n) is 5.52. The number of rotatable bonds is 3. The molecule has 4 heteroatoms. The summed E-state index contributed by atoms with van der Waals surface area (Å²) in [4.78, 5) is 6.86. The van der Waals surface area contributed by atoms with Gasteiger partial charge in [-0.1, -0.05) is 24.3 Å². The summed E-state index contributed by atoms with van der Waals surface area (Å²) < 4.78 is 0. The molecular weight excluding hydrogens is 308 g/mol. The highest BCUT2D eigenvalue weighted by Gasteiger charge is 2.42. The number of aliphatic hydroxyl groups excluding tert-OH is 1. The molecule has 0 amide bonds. The summed E-state index contributed by atoms with van der Waals surface area (Å²) in [6.07, 6.45) is 5.76. The molecule has 23 heavy (non-hydrogen) atoms. The van der Waals surface area contributed by atoms with Gasteiger partial charge in [-0.05, 0) is 48.9 Å². The van der Waals surface area contributed by atoms with E-state index in [4.69, 9.17) is 0 Å². The first-order valence-corrected chi connectivity index (χ1v) is 8.16. The van der Waals surface area contributed by atoms with Crippen LogP contribution in [0.25, 0.3) is 10.9 Å². The predicted molar refractivity (Wildman–Crippen MR) is 95.7 cm³/mol. The van der Waals surface area contributed by atoms with Crippen molar-refractivity contribution in [1.29, 1.82) is 0 Å². The number of aliphatic hydroxyl groups is 1. The Morgan fingerprint density at radius 2 is 2.13 bits per heavy atom. The van der Waals surface area contributed by atoms with Crippen LogP contribution < -0.4 is 0 Å². The average Bonchev–Trinajstić information content (AvgIpc) is 2.60. The van der Waals surface area contributed by atoms with Gasteiger partial charge in [-0.15, -0.1) is 19.0 Å². The fraction of sp³-hybridized carbons (Fsp3) is 0.421. The predicted octanol–water partition coefficient (Wildman–Crippen LogP) is 3.59. The number of para-hydroxylation sites is 1. The van der Waals surface area contributed by atoms with Crippen molar-refractivity contribution in [3.8, 4) is 0 Å². The summed E-state index contributed by atoms with van der Waals surface area (Å²) in [6, 6.07) is 10.3. The molecule has 0 saturated carbocycles. The smallest absolute Gasteiger partial charge is 0.0952 e. The van der Waals surface area contributed by atoms with E-state index in [1.165, 1.54) is 6.42 Å². The van der Waals surface area contributed by atoms with Crippen LogP contribution >= 0.6 is 12.4 Å². The minimum Gasteiger partial charge on any atom is -0.387 e. The number of hydrogen-bond acceptors (Lipinski definition) is 3. The second kappa shape index (κ2) is 6.60. The molecule has 3 aliphatic rings. The zero-order valence-electron chi connectivity index (χ0n) is 13.1. The van der Waals surface area contributed by atoms with E-state index in [1.54, 1.807) is 0 Å². The van der Waals surface area contributed by atoms with Gasteiger partial charge in [-0.2, -0.15) is 0 Å². The van der Waals surface area contributed by atoms with E-state index in [0.717, 1.165) is 36.0 Å². The Morgan fingerprint density at radius 1 is 1.30 bits per heavy atom. The number of benzene rings is 1. The Hall–Kier alpha value is -1.42. The van der Waals surface area contributed by atoms with Crippen LogP contribution in [0.2, 0.25) is 0 Å². The molecule has 5 atom stereocenters. The topological polar surface area (TPSA) is 36.4 Å². The highest BCUT2D eigenvalue weighted by atomic mass is 35.5. The molecule has 2 aromatic rings. The highest BCUT2D eigenvalue weighted by molar-refractivity contribution is 5.85. The van der Waals surface area contributed by atoms with Crippen LogP contribution in [0.15, 0.2) is 49.2 Å². The summed E-state index contributed by atoms with van der Waals surface area (Å²) >= 11 is 0. The lowest BCUT2D eigenvalue weighted by Gasteiger charge is -2.50. The molecular formula is C19H23ClN2O. The van der Waals surface area contributed by atoms with Crippen LogP contribution in [0.1, 0.15) is 24.5 Å². The minimum atomic E-state index is -0.443. The summed E-state index contributed by atoms with van der Waals surface area (Å²) in [7, 11) is 0. The molecule has 0 radical (unpaired) electrons. The van der Waals surface area contributed by atoms with Gasteiger partial charge in [0.2, 0.25) is 0 Å². The van der Waals surface area contributed by atoms with E-state index < -0.39 is 6.10 Å². The number of nitrogens with zero attached hydrogens (tertiary/aromatic N) is 2. The lowest BCUT2D eigenvalue weighted by molar-refractivity contribution is -0.0444. The summed E-state index contributed by atoms with van der Waals surface area (Å²) in [5.41, 5.74) is 1.97. The van der Waals surface area contributed by atoms with Crippen LogP contribution in [-0.2, 0) is 0 Å². The minimum absolute atomic E-state index is 0. The van der Waals surface area contributed by atoms with Gasteiger partial charge in [-0.25, -0.2) is 0 Å². The molecule has 3 aliphatic heterocycles. The van der Waals surface area contributed by atoms with Crippen LogP contribution in [0.4, 0.5) is 0 Å².